The molecule has 0 unspecified atom stereocenters. The van der Waals surface area contributed by atoms with Gasteiger partial charge >= 0.3 is 5.97 Å². The van der Waals surface area contributed by atoms with Crippen LogP contribution in [-0.2, 0) is 9.53 Å². The number of furan rings is 1. The summed E-state index contributed by atoms with van der Waals surface area (Å²) in [7, 11) is 4.53. The van der Waals surface area contributed by atoms with E-state index in [1.165, 1.54) is 49.0 Å². The topological polar surface area (TPSA) is 124 Å². The fourth-order valence-corrected chi connectivity index (χ4v) is 8.86. The van der Waals surface area contributed by atoms with Crippen molar-refractivity contribution >= 4 is 62.4 Å². The molecular weight excluding hydrogens is 723 g/mol. The molecule has 14 heteroatoms. The zero-order valence-corrected chi connectivity index (χ0v) is 31.3. The third kappa shape index (κ3) is 6.72. The molecule has 0 saturated carbocycles. The van der Waals surface area contributed by atoms with E-state index in [-0.39, 0.29) is 17.7 Å². The second-order valence-electron chi connectivity index (χ2n) is 11.2. The Morgan fingerprint density at radius 1 is 0.942 bits per heavy atom. The molecule has 0 fully saturated rings. The van der Waals surface area contributed by atoms with Crippen molar-refractivity contribution in [1.82, 2.24) is 9.55 Å². The highest BCUT2D eigenvalue weighted by atomic mass is 32.2. The number of fused-ring (bicyclic) bond motifs is 2. The highest BCUT2D eigenvalue weighted by molar-refractivity contribution is 8.01. The van der Waals surface area contributed by atoms with Crippen LogP contribution in [0.2, 0.25) is 0 Å². The number of methoxy groups -OCH3 is 3. The summed E-state index contributed by atoms with van der Waals surface area (Å²) in [5.41, 5.74) is 2.33. The first-order chi connectivity index (χ1) is 25.3. The van der Waals surface area contributed by atoms with Gasteiger partial charge in [-0.3, -0.25) is 9.36 Å². The van der Waals surface area contributed by atoms with Gasteiger partial charge < -0.3 is 28.1 Å². The van der Waals surface area contributed by atoms with Gasteiger partial charge in [0, 0.05) is 11.6 Å². The molecule has 0 saturated heterocycles. The molecule has 0 aliphatic carbocycles. The summed E-state index contributed by atoms with van der Waals surface area (Å²) in [6, 6.07) is 21.3. The predicted octanol–water partition coefficient (Wildman–Crippen LogP) is 6.71. The number of esters is 1. The Kier molecular flexibility index (Phi) is 10.2. The lowest BCUT2D eigenvalue weighted by molar-refractivity contribution is -0.138. The normalized spacial score (nSPS) is 14.2. The molecule has 1 aliphatic rings. The molecule has 3 aromatic heterocycles. The van der Waals surface area contributed by atoms with Gasteiger partial charge in [-0.2, -0.15) is 0 Å². The number of rotatable bonds is 12. The maximum Gasteiger partial charge on any atom is 0.338 e. The first kappa shape index (κ1) is 35.1. The standard InChI is InChI=1S/C38H33N3O8S3/c1-6-47-23-13-15-25-28(19-23)51-38(39-25)52-30-16-14-24(49-30)20-29-35(42)41-33(22-17-26(44-3)34(46-5)27(18-22)45-4)31(36(43)48-7-2)32(40-37(41)50-29)21-11-9-8-10-12-21/h8-20,33H,6-7H2,1-5H3/b29-20-/t33-/m0/s1. The van der Waals surface area contributed by atoms with Gasteiger partial charge in [0.25, 0.3) is 5.56 Å². The molecular formula is C38H33N3O8S3. The summed E-state index contributed by atoms with van der Waals surface area (Å²) in [5.74, 6) is 1.78. The second kappa shape index (κ2) is 15.1. The third-order valence-electron chi connectivity index (χ3n) is 8.09. The summed E-state index contributed by atoms with van der Waals surface area (Å²) in [5, 5.41) is 0.620. The van der Waals surface area contributed by atoms with Gasteiger partial charge in [0.1, 0.15) is 11.5 Å². The van der Waals surface area contributed by atoms with Gasteiger partial charge in [-0.1, -0.05) is 41.7 Å². The summed E-state index contributed by atoms with van der Waals surface area (Å²) >= 11 is 4.14. The van der Waals surface area contributed by atoms with E-state index in [9.17, 15) is 9.59 Å². The van der Waals surface area contributed by atoms with E-state index < -0.39 is 12.0 Å². The Morgan fingerprint density at radius 3 is 2.40 bits per heavy atom. The number of nitrogens with zero attached hydrogens (tertiary/aromatic N) is 3. The van der Waals surface area contributed by atoms with Crippen molar-refractivity contribution in [2.75, 3.05) is 34.5 Å². The molecule has 3 aromatic carbocycles. The van der Waals surface area contributed by atoms with Crippen molar-refractivity contribution in [2.24, 2.45) is 4.99 Å². The smallest absolute Gasteiger partial charge is 0.338 e. The largest absolute Gasteiger partial charge is 0.494 e. The molecule has 0 N–H and O–H groups in total. The van der Waals surface area contributed by atoms with E-state index >= 15 is 0 Å². The Bertz CT molecular complexity index is 2470. The van der Waals surface area contributed by atoms with Crippen molar-refractivity contribution in [1.29, 1.82) is 0 Å². The van der Waals surface area contributed by atoms with Crippen molar-refractivity contribution < 1.29 is 32.9 Å². The van der Waals surface area contributed by atoms with Crippen LogP contribution < -0.4 is 33.8 Å². The Hall–Kier alpha value is -5.31. The fraction of sp³-hybridized carbons (Fsp3) is 0.211. The maximum atomic E-state index is 14.4. The third-order valence-corrected chi connectivity index (χ3v) is 11.1. The number of hydrogen-bond acceptors (Lipinski definition) is 13. The summed E-state index contributed by atoms with van der Waals surface area (Å²) in [6.45, 7) is 4.40. The van der Waals surface area contributed by atoms with Crippen molar-refractivity contribution in [3.8, 4) is 23.0 Å². The number of thiazole rings is 2. The number of ether oxygens (including phenoxy) is 5. The molecule has 0 radical (unpaired) electrons. The van der Waals surface area contributed by atoms with Gasteiger partial charge in [0.05, 0.1) is 66.6 Å². The molecule has 0 bridgehead atoms. The number of hydrogen-bond donors (Lipinski definition) is 0. The van der Waals surface area contributed by atoms with Crippen LogP contribution in [0.25, 0.3) is 22.0 Å². The van der Waals surface area contributed by atoms with Gasteiger partial charge in [0.2, 0.25) is 5.75 Å². The van der Waals surface area contributed by atoms with Crippen molar-refractivity contribution in [3.05, 3.63) is 115 Å². The van der Waals surface area contributed by atoms with Crippen LogP contribution in [0.1, 0.15) is 36.8 Å². The lowest BCUT2D eigenvalue weighted by Crippen LogP contribution is -2.40. The Balaban J connectivity index is 1.35. The minimum absolute atomic E-state index is 0.126. The van der Waals surface area contributed by atoms with Crippen LogP contribution in [0, 0.1) is 0 Å². The van der Waals surface area contributed by atoms with Crippen LogP contribution in [0.3, 0.4) is 0 Å². The van der Waals surface area contributed by atoms with E-state index in [0.717, 1.165) is 20.3 Å². The predicted molar refractivity (Wildman–Crippen MR) is 201 cm³/mol. The van der Waals surface area contributed by atoms with Crippen LogP contribution in [-0.4, -0.2) is 50.1 Å². The highest BCUT2D eigenvalue weighted by Crippen LogP contribution is 2.43. The molecule has 52 heavy (non-hydrogen) atoms. The lowest BCUT2D eigenvalue weighted by Gasteiger charge is -2.27. The summed E-state index contributed by atoms with van der Waals surface area (Å²) in [6.07, 6.45) is 1.68. The van der Waals surface area contributed by atoms with E-state index in [0.29, 0.717) is 60.9 Å². The van der Waals surface area contributed by atoms with Crippen LogP contribution in [0.5, 0.6) is 23.0 Å². The van der Waals surface area contributed by atoms with E-state index in [2.05, 4.69) is 0 Å². The van der Waals surface area contributed by atoms with Gasteiger partial charge in [-0.05, 0) is 73.6 Å². The summed E-state index contributed by atoms with van der Waals surface area (Å²) < 4.78 is 38.0. The van der Waals surface area contributed by atoms with E-state index in [1.54, 1.807) is 42.5 Å². The molecule has 0 amide bonds. The first-order valence-electron chi connectivity index (χ1n) is 16.2. The minimum Gasteiger partial charge on any atom is -0.494 e. The Morgan fingerprint density at radius 2 is 1.71 bits per heavy atom. The minimum atomic E-state index is -0.952. The van der Waals surface area contributed by atoms with Crippen LogP contribution in [0.15, 0.2) is 102 Å². The number of carbonyl (C=O) groups excluding carboxylic acids is 1. The average molecular weight is 756 g/mol. The molecule has 11 nitrogen and oxygen atoms in total. The van der Waals surface area contributed by atoms with Crippen molar-refractivity contribution in [3.63, 3.8) is 0 Å². The number of aromatic nitrogens is 2. The quantitative estimate of drug-likeness (QED) is 0.125. The molecule has 1 atom stereocenters. The SMILES string of the molecule is CCOC(=O)C1=C(c2ccccc2)N=c2s/c(=C\c3ccc(Sc4nc5ccc(OCC)cc5s4)o3)c(=O)n2[C@H]1c1cc(OC)c(OC)c(OC)c1. The Labute approximate surface area is 310 Å². The van der Waals surface area contributed by atoms with Gasteiger partial charge in [-0.25, -0.2) is 14.8 Å². The average Bonchev–Trinajstić information content (AvgIpc) is 3.87. The van der Waals surface area contributed by atoms with Crippen LogP contribution >= 0.6 is 34.4 Å². The van der Waals surface area contributed by atoms with Gasteiger partial charge in [0.15, 0.2) is 25.7 Å². The monoisotopic (exact) mass is 755 g/mol. The lowest BCUT2D eigenvalue weighted by atomic mass is 9.92. The van der Waals surface area contributed by atoms with Crippen molar-refractivity contribution in [2.45, 2.75) is 29.3 Å². The zero-order valence-electron chi connectivity index (χ0n) is 28.8. The summed E-state index contributed by atoms with van der Waals surface area (Å²) in [4.78, 5) is 38.4. The molecule has 7 rings (SSSR count). The zero-order chi connectivity index (χ0) is 36.4. The van der Waals surface area contributed by atoms with Gasteiger partial charge in [-0.15, -0.1) is 11.3 Å². The number of carbonyl (C=O) groups is 1. The first-order valence-corrected chi connectivity index (χ1v) is 18.7. The molecule has 0 spiro atoms. The number of benzene rings is 3. The molecule has 266 valence electrons. The van der Waals surface area contributed by atoms with E-state index in [1.807, 2.05) is 61.5 Å². The second-order valence-corrected chi connectivity index (χ2v) is 14.5. The molecule has 6 aromatic rings. The molecule has 1 aliphatic heterocycles. The van der Waals surface area contributed by atoms with E-state index in [4.69, 9.17) is 38.1 Å². The highest BCUT2D eigenvalue weighted by Gasteiger charge is 2.36. The molecule has 4 heterocycles. The van der Waals surface area contributed by atoms with Crippen LogP contribution in [0.4, 0.5) is 0 Å². The fourth-order valence-electron chi connectivity index (χ4n) is 5.88. The maximum absolute atomic E-state index is 14.4.